The predicted molar refractivity (Wildman–Crippen MR) is 69.4 cm³/mol. The molecule has 0 spiro atoms. The maximum Gasteiger partial charge on any atom is 0.0132 e. The number of hydrogen-bond donors (Lipinski definition) is 1. The van der Waals surface area contributed by atoms with E-state index >= 15 is 0 Å². The maximum atomic E-state index is 3.71. The van der Waals surface area contributed by atoms with Crippen molar-refractivity contribution in [2.45, 2.75) is 56.8 Å². The van der Waals surface area contributed by atoms with E-state index in [4.69, 9.17) is 0 Å². The van der Waals surface area contributed by atoms with Gasteiger partial charge in [-0.15, -0.1) is 0 Å². The molecule has 2 heteroatoms. The molecule has 2 bridgehead atoms. The number of hydrogen-bond acceptors (Lipinski definition) is 1. The van der Waals surface area contributed by atoms with E-state index in [0.717, 1.165) is 17.8 Å². The molecule has 5 unspecified atom stereocenters. The van der Waals surface area contributed by atoms with Crippen LogP contribution in [0.1, 0.15) is 46.0 Å². The van der Waals surface area contributed by atoms with E-state index in [0.29, 0.717) is 10.9 Å². The first-order valence-electron chi connectivity index (χ1n) is 6.52. The zero-order valence-electron chi connectivity index (χ0n) is 10.0. The van der Waals surface area contributed by atoms with Gasteiger partial charge in [0.05, 0.1) is 0 Å². The lowest BCUT2D eigenvalue weighted by atomic mass is 9.88. The Balaban J connectivity index is 1.66. The molecule has 2 aliphatic rings. The quantitative estimate of drug-likeness (QED) is 0.756. The van der Waals surface area contributed by atoms with Crippen molar-refractivity contribution in [1.29, 1.82) is 0 Å². The van der Waals surface area contributed by atoms with E-state index in [9.17, 15) is 0 Å². The normalized spacial score (nSPS) is 38.2. The second-order valence-corrected chi connectivity index (χ2v) is 7.32. The molecule has 2 fully saturated rings. The highest BCUT2D eigenvalue weighted by Crippen LogP contribution is 2.47. The van der Waals surface area contributed by atoms with Crippen molar-refractivity contribution in [2.24, 2.45) is 17.8 Å². The number of rotatable bonds is 5. The Morgan fingerprint density at radius 1 is 1.27 bits per heavy atom. The van der Waals surface area contributed by atoms with Crippen LogP contribution in [0.3, 0.4) is 0 Å². The van der Waals surface area contributed by atoms with Gasteiger partial charge in [-0.3, -0.25) is 0 Å². The number of nitrogens with one attached hydrogen (secondary N) is 1. The van der Waals surface area contributed by atoms with Gasteiger partial charge < -0.3 is 5.32 Å². The summed E-state index contributed by atoms with van der Waals surface area (Å²) in [7, 11) is 0. The molecular formula is C13H24BrN. The molecule has 0 saturated heterocycles. The highest BCUT2D eigenvalue weighted by Gasteiger charge is 2.38. The van der Waals surface area contributed by atoms with Gasteiger partial charge in [0.2, 0.25) is 0 Å². The van der Waals surface area contributed by atoms with E-state index in [2.05, 4.69) is 35.1 Å². The van der Waals surface area contributed by atoms with Crippen LogP contribution in [0, 0.1) is 17.8 Å². The molecule has 0 heterocycles. The van der Waals surface area contributed by atoms with E-state index in [1.165, 1.54) is 38.6 Å². The Kier molecular flexibility index (Phi) is 4.11. The van der Waals surface area contributed by atoms with E-state index in [1.807, 2.05) is 0 Å². The maximum absolute atomic E-state index is 3.71. The minimum absolute atomic E-state index is 0.639. The number of fused-ring (bicyclic) bond motifs is 2. The van der Waals surface area contributed by atoms with E-state index in [-0.39, 0.29) is 0 Å². The molecule has 2 rings (SSSR count). The second kappa shape index (κ2) is 5.18. The topological polar surface area (TPSA) is 12.0 Å². The van der Waals surface area contributed by atoms with Gasteiger partial charge in [-0.05, 0) is 56.9 Å². The minimum atomic E-state index is 0.639. The summed E-state index contributed by atoms with van der Waals surface area (Å²) >= 11 is 3.62. The monoisotopic (exact) mass is 273 g/mol. The fourth-order valence-electron chi connectivity index (χ4n) is 3.55. The highest BCUT2D eigenvalue weighted by atomic mass is 79.9. The molecule has 1 N–H and O–H groups in total. The molecule has 0 aromatic carbocycles. The van der Waals surface area contributed by atoms with Gasteiger partial charge in [0.1, 0.15) is 0 Å². The first-order chi connectivity index (χ1) is 7.15. The molecule has 5 atom stereocenters. The SMILES string of the molecule is CC(Br)CC(C)NCC1CC2CCC1C2. The third kappa shape index (κ3) is 3.20. The van der Waals surface area contributed by atoms with Crippen LogP contribution in [0.25, 0.3) is 0 Å². The average molecular weight is 274 g/mol. The Morgan fingerprint density at radius 3 is 2.60 bits per heavy atom. The minimum Gasteiger partial charge on any atom is -0.314 e. The van der Waals surface area contributed by atoms with Gasteiger partial charge in [0.15, 0.2) is 0 Å². The summed E-state index contributed by atoms with van der Waals surface area (Å²) in [6.45, 7) is 5.81. The summed E-state index contributed by atoms with van der Waals surface area (Å²) in [4.78, 5) is 0.639. The largest absolute Gasteiger partial charge is 0.314 e. The van der Waals surface area contributed by atoms with Gasteiger partial charge in [-0.1, -0.05) is 29.3 Å². The van der Waals surface area contributed by atoms with Crippen LogP contribution >= 0.6 is 15.9 Å². The first kappa shape index (κ1) is 11.9. The van der Waals surface area contributed by atoms with Gasteiger partial charge >= 0.3 is 0 Å². The van der Waals surface area contributed by atoms with Crippen molar-refractivity contribution in [3.63, 3.8) is 0 Å². The molecule has 0 amide bonds. The van der Waals surface area contributed by atoms with Crippen LogP contribution in [-0.2, 0) is 0 Å². The van der Waals surface area contributed by atoms with Crippen LogP contribution in [0.2, 0.25) is 0 Å². The fraction of sp³-hybridized carbons (Fsp3) is 1.00. The van der Waals surface area contributed by atoms with Crippen molar-refractivity contribution in [1.82, 2.24) is 5.32 Å². The average Bonchev–Trinajstić information content (AvgIpc) is 2.74. The number of alkyl halides is 1. The lowest BCUT2D eigenvalue weighted by molar-refractivity contribution is 0.306. The summed E-state index contributed by atoms with van der Waals surface area (Å²) in [6, 6.07) is 0.665. The van der Waals surface area contributed by atoms with Crippen LogP contribution in [0.5, 0.6) is 0 Å². The lowest BCUT2D eigenvalue weighted by Crippen LogP contribution is -2.34. The standard InChI is InChI=1S/C13H24BrN/c1-9(14)5-10(2)15-8-13-7-11-3-4-12(13)6-11/h9-13,15H,3-8H2,1-2H3. The summed E-state index contributed by atoms with van der Waals surface area (Å²) in [6.07, 6.45) is 7.32. The smallest absolute Gasteiger partial charge is 0.0132 e. The number of halogens is 1. The van der Waals surface area contributed by atoms with Gasteiger partial charge in [-0.25, -0.2) is 0 Å². The second-order valence-electron chi connectivity index (χ2n) is 5.76. The van der Waals surface area contributed by atoms with Crippen molar-refractivity contribution in [3.8, 4) is 0 Å². The molecule has 0 aliphatic heterocycles. The Hall–Kier alpha value is 0.440. The summed E-state index contributed by atoms with van der Waals surface area (Å²) in [5.41, 5.74) is 0. The van der Waals surface area contributed by atoms with Crippen LogP contribution in [-0.4, -0.2) is 17.4 Å². The highest BCUT2D eigenvalue weighted by molar-refractivity contribution is 9.09. The Labute approximate surface area is 103 Å². The molecular weight excluding hydrogens is 250 g/mol. The summed E-state index contributed by atoms with van der Waals surface area (Å²) < 4.78 is 0. The van der Waals surface area contributed by atoms with Crippen molar-refractivity contribution < 1.29 is 0 Å². The van der Waals surface area contributed by atoms with Crippen molar-refractivity contribution in [2.75, 3.05) is 6.54 Å². The lowest BCUT2D eigenvalue weighted by Gasteiger charge is -2.24. The zero-order chi connectivity index (χ0) is 10.8. The molecule has 0 aromatic rings. The predicted octanol–water partition coefficient (Wildman–Crippen LogP) is 3.57. The molecule has 1 nitrogen and oxygen atoms in total. The first-order valence-corrected chi connectivity index (χ1v) is 7.44. The molecule has 2 saturated carbocycles. The van der Waals surface area contributed by atoms with Gasteiger partial charge in [0, 0.05) is 10.9 Å². The van der Waals surface area contributed by atoms with Crippen molar-refractivity contribution in [3.05, 3.63) is 0 Å². The third-order valence-corrected chi connectivity index (χ3v) is 4.67. The molecule has 0 aromatic heterocycles. The summed E-state index contributed by atoms with van der Waals surface area (Å²) in [5.74, 6) is 3.15. The van der Waals surface area contributed by atoms with Crippen molar-refractivity contribution >= 4 is 15.9 Å². The third-order valence-electron chi connectivity index (χ3n) is 4.29. The van der Waals surface area contributed by atoms with Crippen LogP contribution in [0.15, 0.2) is 0 Å². The zero-order valence-corrected chi connectivity index (χ0v) is 11.6. The van der Waals surface area contributed by atoms with Crippen LogP contribution < -0.4 is 5.32 Å². The Morgan fingerprint density at radius 2 is 2.07 bits per heavy atom. The van der Waals surface area contributed by atoms with E-state index < -0.39 is 0 Å². The molecule has 15 heavy (non-hydrogen) atoms. The summed E-state index contributed by atoms with van der Waals surface area (Å²) in [5, 5.41) is 3.71. The molecule has 2 aliphatic carbocycles. The fourth-order valence-corrected chi connectivity index (χ4v) is 4.11. The molecule has 0 radical (unpaired) electrons. The van der Waals surface area contributed by atoms with Crippen LogP contribution in [0.4, 0.5) is 0 Å². The van der Waals surface area contributed by atoms with Gasteiger partial charge in [0.25, 0.3) is 0 Å². The van der Waals surface area contributed by atoms with E-state index in [1.54, 1.807) is 0 Å². The Bertz CT molecular complexity index is 205. The molecule has 88 valence electrons. The van der Waals surface area contributed by atoms with Gasteiger partial charge in [-0.2, -0.15) is 0 Å².